The number of anilines is 2. The Balaban J connectivity index is 3.09. The number of nitrogens with one attached hydrogen (secondary N) is 1. The van der Waals surface area contributed by atoms with Crippen molar-refractivity contribution in [2.45, 2.75) is 0 Å². The molecule has 1 heterocycles. The van der Waals surface area contributed by atoms with Crippen LogP contribution in [0.4, 0.5) is 11.5 Å². The molecule has 6 heteroatoms. The summed E-state index contributed by atoms with van der Waals surface area (Å²) in [5.74, 6) is 0.250. The number of nitrogens with zero attached hydrogens (tertiary/aromatic N) is 2. The van der Waals surface area contributed by atoms with Crippen molar-refractivity contribution in [2.75, 3.05) is 11.2 Å². The van der Waals surface area contributed by atoms with Crippen molar-refractivity contribution < 1.29 is 5.21 Å². The van der Waals surface area contributed by atoms with Crippen LogP contribution < -0.4 is 11.2 Å². The van der Waals surface area contributed by atoms with E-state index in [1.54, 1.807) is 0 Å². The lowest BCUT2D eigenvalue weighted by Crippen LogP contribution is -1.98. The van der Waals surface area contributed by atoms with Crippen molar-refractivity contribution in [3.8, 4) is 0 Å². The van der Waals surface area contributed by atoms with Crippen molar-refractivity contribution in [3.05, 3.63) is 10.7 Å². The van der Waals surface area contributed by atoms with Crippen LogP contribution in [0.3, 0.4) is 0 Å². The van der Waals surface area contributed by atoms with E-state index in [1.165, 1.54) is 6.07 Å². The van der Waals surface area contributed by atoms with Gasteiger partial charge in [-0.15, -0.1) is 10.2 Å². The van der Waals surface area contributed by atoms with Gasteiger partial charge >= 0.3 is 0 Å². The number of nitrogen functional groups attached to an aromatic ring is 1. The standard InChI is InChI=1S/C4H5BrN4O/c5-4-2(9-10)1-3(6)7-8-4/h1,10H,(H3,6,7,9). The molecule has 0 bridgehead atoms. The first-order chi connectivity index (χ1) is 4.74. The van der Waals surface area contributed by atoms with Crippen LogP contribution in [0.2, 0.25) is 0 Å². The minimum absolute atomic E-state index is 0.250. The highest BCUT2D eigenvalue weighted by Gasteiger charge is 1.99. The topological polar surface area (TPSA) is 84.1 Å². The summed E-state index contributed by atoms with van der Waals surface area (Å²) >= 11 is 3.04. The van der Waals surface area contributed by atoms with Crippen molar-refractivity contribution in [1.29, 1.82) is 0 Å². The van der Waals surface area contributed by atoms with E-state index < -0.39 is 0 Å². The molecule has 4 N–H and O–H groups in total. The van der Waals surface area contributed by atoms with Crippen LogP contribution >= 0.6 is 15.9 Å². The Kier molecular flexibility index (Phi) is 2.03. The fourth-order valence-corrected chi connectivity index (χ4v) is 0.753. The minimum atomic E-state index is 0.250. The molecular weight excluding hydrogens is 200 g/mol. The summed E-state index contributed by atoms with van der Waals surface area (Å²) in [6, 6.07) is 1.46. The summed E-state index contributed by atoms with van der Waals surface area (Å²) < 4.78 is 0.421. The Morgan fingerprint density at radius 2 is 2.30 bits per heavy atom. The van der Waals surface area contributed by atoms with Crippen LogP contribution in [0.15, 0.2) is 10.7 Å². The van der Waals surface area contributed by atoms with Gasteiger partial charge in [0.1, 0.15) is 5.82 Å². The van der Waals surface area contributed by atoms with E-state index in [-0.39, 0.29) is 5.82 Å². The average molecular weight is 205 g/mol. The summed E-state index contributed by atoms with van der Waals surface area (Å²) in [5, 5.41) is 15.5. The van der Waals surface area contributed by atoms with Gasteiger partial charge in [-0.2, -0.15) is 0 Å². The molecule has 0 aromatic carbocycles. The second-order valence-electron chi connectivity index (χ2n) is 1.59. The molecule has 0 spiro atoms. The molecule has 0 aliphatic heterocycles. The molecule has 0 fully saturated rings. The van der Waals surface area contributed by atoms with Crippen molar-refractivity contribution in [3.63, 3.8) is 0 Å². The summed E-state index contributed by atoms with van der Waals surface area (Å²) in [7, 11) is 0. The zero-order valence-electron chi connectivity index (χ0n) is 4.87. The lowest BCUT2D eigenvalue weighted by Gasteiger charge is -1.99. The van der Waals surface area contributed by atoms with E-state index in [2.05, 4.69) is 26.1 Å². The molecule has 0 aliphatic carbocycles. The molecule has 0 aliphatic rings. The van der Waals surface area contributed by atoms with Crippen LogP contribution in [0.25, 0.3) is 0 Å². The number of halogens is 1. The van der Waals surface area contributed by atoms with Crippen LogP contribution in [-0.2, 0) is 0 Å². The normalized spacial score (nSPS) is 9.40. The summed E-state index contributed by atoms with van der Waals surface area (Å²) in [4.78, 5) is 0. The quantitative estimate of drug-likeness (QED) is 0.585. The molecule has 1 rings (SSSR count). The van der Waals surface area contributed by atoms with Crippen molar-refractivity contribution in [2.24, 2.45) is 0 Å². The predicted octanol–water partition coefficient (Wildman–Crippen LogP) is 0.622. The molecule has 0 saturated heterocycles. The lowest BCUT2D eigenvalue weighted by atomic mass is 10.5. The molecule has 0 amide bonds. The number of aromatic nitrogens is 2. The number of nitrogens with two attached hydrogens (primary N) is 1. The summed E-state index contributed by atoms with van der Waals surface area (Å²) in [6.07, 6.45) is 0. The minimum Gasteiger partial charge on any atom is -0.382 e. The van der Waals surface area contributed by atoms with Gasteiger partial charge in [-0.3, -0.25) is 10.7 Å². The SMILES string of the molecule is Nc1cc(NO)c(Br)nn1. The van der Waals surface area contributed by atoms with Gasteiger partial charge < -0.3 is 5.73 Å². The molecule has 5 nitrogen and oxygen atoms in total. The van der Waals surface area contributed by atoms with Crippen molar-refractivity contribution >= 4 is 27.4 Å². The van der Waals surface area contributed by atoms with Gasteiger partial charge in [-0.05, 0) is 15.9 Å². The van der Waals surface area contributed by atoms with Gasteiger partial charge in [-0.25, -0.2) is 0 Å². The van der Waals surface area contributed by atoms with Crippen molar-refractivity contribution in [1.82, 2.24) is 10.2 Å². The molecule has 0 unspecified atom stereocenters. The van der Waals surface area contributed by atoms with E-state index in [4.69, 9.17) is 10.9 Å². The molecule has 0 saturated carbocycles. The molecule has 10 heavy (non-hydrogen) atoms. The third-order valence-electron chi connectivity index (χ3n) is 0.888. The van der Waals surface area contributed by atoms with Gasteiger partial charge in [-0.1, -0.05) is 0 Å². The van der Waals surface area contributed by atoms with E-state index in [0.29, 0.717) is 10.3 Å². The Labute approximate surface area is 65.3 Å². The Bertz CT molecular complexity index is 241. The third kappa shape index (κ3) is 1.34. The highest BCUT2D eigenvalue weighted by Crippen LogP contribution is 2.18. The Morgan fingerprint density at radius 1 is 1.60 bits per heavy atom. The van der Waals surface area contributed by atoms with E-state index in [0.717, 1.165) is 0 Å². The van der Waals surface area contributed by atoms with Gasteiger partial charge in [0.05, 0.1) is 5.69 Å². The van der Waals surface area contributed by atoms with Gasteiger partial charge in [0.2, 0.25) is 0 Å². The smallest absolute Gasteiger partial charge is 0.154 e. The maximum absolute atomic E-state index is 8.44. The van der Waals surface area contributed by atoms with E-state index in [1.807, 2.05) is 5.48 Å². The Morgan fingerprint density at radius 3 is 2.80 bits per heavy atom. The first kappa shape index (κ1) is 7.23. The van der Waals surface area contributed by atoms with E-state index in [9.17, 15) is 0 Å². The predicted molar refractivity (Wildman–Crippen MR) is 39.6 cm³/mol. The largest absolute Gasteiger partial charge is 0.382 e. The zero-order valence-corrected chi connectivity index (χ0v) is 6.46. The maximum atomic E-state index is 8.44. The third-order valence-corrected chi connectivity index (χ3v) is 1.47. The second kappa shape index (κ2) is 2.80. The zero-order chi connectivity index (χ0) is 7.56. The molecule has 0 radical (unpaired) electrons. The summed E-state index contributed by atoms with van der Waals surface area (Å²) in [5.41, 5.74) is 7.56. The number of hydrogen-bond donors (Lipinski definition) is 3. The fraction of sp³-hybridized carbons (Fsp3) is 0. The first-order valence-corrected chi connectivity index (χ1v) is 3.22. The number of hydrogen-bond acceptors (Lipinski definition) is 5. The average Bonchev–Trinajstić information content (AvgIpc) is 1.94. The van der Waals surface area contributed by atoms with Gasteiger partial charge in [0, 0.05) is 6.07 Å². The molecule has 0 atom stereocenters. The van der Waals surface area contributed by atoms with Gasteiger partial charge in [0.15, 0.2) is 4.60 Å². The fourth-order valence-electron chi connectivity index (χ4n) is 0.470. The highest BCUT2D eigenvalue weighted by molar-refractivity contribution is 9.10. The molecule has 1 aromatic heterocycles. The Hall–Kier alpha value is -0.880. The second-order valence-corrected chi connectivity index (χ2v) is 2.34. The van der Waals surface area contributed by atoms with Crippen LogP contribution in [0.1, 0.15) is 0 Å². The molecule has 54 valence electrons. The monoisotopic (exact) mass is 204 g/mol. The van der Waals surface area contributed by atoms with Gasteiger partial charge in [0.25, 0.3) is 0 Å². The highest BCUT2D eigenvalue weighted by atomic mass is 79.9. The van der Waals surface area contributed by atoms with Crippen LogP contribution in [-0.4, -0.2) is 15.4 Å². The summed E-state index contributed by atoms with van der Waals surface area (Å²) in [6.45, 7) is 0. The molecular formula is C4H5BrN4O. The first-order valence-electron chi connectivity index (χ1n) is 2.43. The molecule has 1 aromatic rings. The van der Waals surface area contributed by atoms with Crippen LogP contribution in [0.5, 0.6) is 0 Å². The number of rotatable bonds is 1. The maximum Gasteiger partial charge on any atom is 0.154 e. The van der Waals surface area contributed by atoms with Crippen LogP contribution in [0, 0.1) is 0 Å². The van der Waals surface area contributed by atoms with E-state index >= 15 is 0 Å². The lowest BCUT2D eigenvalue weighted by molar-refractivity contribution is 0.388.